The Labute approximate surface area is 222 Å². The Morgan fingerprint density at radius 1 is 1.14 bits per heavy atom. The Morgan fingerprint density at radius 2 is 1.76 bits per heavy atom. The van der Waals surface area contributed by atoms with Crippen LogP contribution in [0.15, 0.2) is 30.3 Å². The number of halogens is 1. The number of amides is 1. The van der Waals surface area contributed by atoms with E-state index in [0.717, 1.165) is 40.9 Å². The van der Waals surface area contributed by atoms with Crippen LogP contribution < -0.4 is 0 Å². The first kappa shape index (κ1) is 27.1. The van der Waals surface area contributed by atoms with E-state index < -0.39 is 17.7 Å². The zero-order valence-corrected chi connectivity index (χ0v) is 23.1. The fourth-order valence-corrected chi connectivity index (χ4v) is 5.07. The molecule has 1 saturated heterocycles. The Bertz CT molecular complexity index is 1320. The van der Waals surface area contributed by atoms with Gasteiger partial charge in [-0.3, -0.25) is 9.69 Å². The number of fused-ring (bicyclic) bond motifs is 1. The van der Waals surface area contributed by atoms with Crippen LogP contribution in [0.5, 0.6) is 0 Å². The molecule has 0 spiro atoms. The molecule has 8 nitrogen and oxygen atoms in total. The SMILES string of the molecule is CC(=O)N1CCN(Cc2cc3c(-c4ccc(Cl)cc4)c([C@H](OC(C)(C)C)C(=O)O)c(C)nc3n2C)CC1. The molecule has 1 aliphatic rings. The summed E-state index contributed by atoms with van der Waals surface area (Å²) in [5.41, 5.74) is 3.97. The third-order valence-corrected chi connectivity index (χ3v) is 7.05. The third-order valence-electron chi connectivity index (χ3n) is 6.80. The maximum Gasteiger partial charge on any atom is 0.337 e. The first-order valence-electron chi connectivity index (χ1n) is 12.5. The van der Waals surface area contributed by atoms with E-state index in [0.29, 0.717) is 35.9 Å². The predicted molar refractivity (Wildman–Crippen MR) is 145 cm³/mol. The molecule has 1 amide bonds. The second-order valence-electron chi connectivity index (χ2n) is 10.7. The number of nitrogens with zero attached hydrogens (tertiary/aromatic N) is 4. The van der Waals surface area contributed by atoms with E-state index in [9.17, 15) is 14.7 Å². The number of carboxylic acid groups (broad SMARTS) is 1. The molecule has 1 N–H and O–H groups in total. The average molecular weight is 527 g/mol. The molecule has 1 aromatic carbocycles. The number of carbonyl (C=O) groups is 2. The van der Waals surface area contributed by atoms with Gasteiger partial charge in [0, 0.05) is 79.6 Å². The second kappa shape index (κ2) is 10.4. The van der Waals surface area contributed by atoms with Crippen molar-refractivity contribution in [2.45, 2.75) is 52.9 Å². The van der Waals surface area contributed by atoms with Crippen LogP contribution in [0, 0.1) is 6.92 Å². The van der Waals surface area contributed by atoms with Gasteiger partial charge in [0.15, 0.2) is 6.10 Å². The molecule has 0 radical (unpaired) electrons. The monoisotopic (exact) mass is 526 g/mol. The van der Waals surface area contributed by atoms with Crippen LogP contribution in [-0.4, -0.2) is 68.1 Å². The van der Waals surface area contributed by atoms with Gasteiger partial charge in [-0.25, -0.2) is 9.78 Å². The number of hydrogen-bond acceptors (Lipinski definition) is 5. The lowest BCUT2D eigenvalue weighted by molar-refractivity contribution is -0.160. The molecular formula is C28H35ClN4O4. The number of piperazine rings is 1. The van der Waals surface area contributed by atoms with Crippen molar-refractivity contribution in [2.75, 3.05) is 26.2 Å². The van der Waals surface area contributed by atoms with Gasteiger partial charge >= 0.3 is 5.97 Å². The van der Waals surface area contributed by atoms with Crippen molar-refractivity contribution >= 4 is 34.5 Å². The topological polar surface area (TPSA) is 87.9 Å². The quantitative estimate of drug-likeness (QED) is 0.496. The Kier molecular flexibility index (Phi) is 7.65. The molecule has 37 heavy (non-hydrogen) atoms. The fourth-order valence-electron chi connectivity index (χ4n) is 4.95. The van der Waals surface area contributed by atoms with Crippen molar-refractivity contribution in [1.29, 1.82) is 0 Å². The van der Waals surface area contributed by atoms with E-state index >= 15 is 0 Å². The number of carbonyl (C=O) groups excluding carboxylic acids is 1. The number of hydrogen-bond donors (Lipinski definition) is 1. The molecule has 1 aliphatic heterocycles. The number of aryl methyl sites for hydroxylation is 2. The molecule has 0 unspecified atom stereocenters. The maximum absolute atomic E-state index is 12.5. The van der Waals surface area contributed by atoms with Crippen molar-refractivity contribution in [2.24, 2.45) is 7.05 Å². The summed E-state index contributed by atoms with van der Waals surface area (Å²) in [5, 5.41) is 11.7. The van der Waals surface area contributed by atoms with Crippen LogP contribution in [0.3, 0.4) is 0 Å². The zero-order chi connectivity index (χ0) is 27.1. The van der Waals surface area contributed by atoms with Gasteiger partial charge in [-0.2, -0.15) is 0 Å². The van der Waals surface area contributed by atoms with Crippen molar-refractivity contribution in [3.63, 3.8) is 0 Å². The Morgan fingerprint density at radius 3 is 2.30 bits per heavy atom. The van der Waals surface area contributed by atoms with E-state index in [1.807, 2.05) is 51.8 Å². The number of ether oxygens (including phenoxy) is 1. The van der Waals surface area contributed by atoms with E-state index in [-0.39, 0.29) is 5.91 Å². The van der Waals surface area contributed by atoms with Gasteiger partial charge < -0.3 is 19.3 Å². The van der Waals surface area contributed by atoms with E-state index in [1.54, 1.807) is 19.1 Å². The van der Waals surface area contributed by atoms with Crippen molar-refractivity contribution in [3.05, 3.63) is 52.3 Å². The highest BCUT2D eigenvalue weighted by atomic mass is 35.5. The standard InChI is InChI=1S/C28H35ClN4O4/c1-17-23(25(27(35)36)37-28(3,4)5)24(19-7-9-20(29)10-8-19)22-15-21(31(6)26(22)30-17)16-32-11-13-33(14-12-32)18(2)34/h7-10,15,25H,11-14,16H2,1-6H3,(H,35,36)/t25-/m0/s1. The smallest absolute Gasteiger partial charge is 0.337 e. The van der Waals surface area contributed by atoms with Gasteiger partial charge in [-0.05, 0) is 51.5 Å². The number of benzene rings is 1. The molecule has 4 rings (SSSR count). The number of pyridine rings is 1. The van der Waals surface area contributed by atoms with E-state index in [4.69, 9.17) is 21.3 Å². The molecule has 0 saturated carbocycles. The number of carboxylic acids is 1. The summed E-state index contributed by atoms with van der Waals surface area (Å²) in [6, 6.07) is 9.53. The largest absolute Gasteiger partial charge is 0.479 e. The Balaban J connectivity index is 1.85. The molecule has 3 heterocycles. The summed E-state index contributed by atoms with van der Waals surface area (Å²) >= 11 is 6.19. The van der Waals surface area contributed by atoms with E-state index in [2.05, 4.69) is 15.5 Å². The molecule has 0 bridgehead atoms. The molecule has 3 aromatic rings. The van der Waals surface area contributed by atoms with Crippen LogP contribution in [0.25, 0.3) is 22.2 Å². The molecule has 1 atom stereocenters. The molecular weight excluding hydrogens is 492 g/mol. The van der Waals surface area contributed by atoms with Crippen LogP contribution in [-0.2, 0) is 27.9 Å². The molecule has 2 aromatic heterocycles. The summed E-state index contributed by atoms with van der Waals surface area (Å²) < 4.78 is 8.15. The fraction of sp³-hybridized carbons (Fsp3) is 0.464. The molecule has 9 heteroatoms. The minimum absolute atomic E-state index is 0.106. The first-order chi connectivity index (χ1) is 17.4. The van der Waals surface area contributed by atoms with Gasteiger partial charge in [0.2, 0.25) is 5.91 Å². The lowest BCUT2D eigenvalue weighted by Crippen LogP contribution is -2.47. The van der Waals surface area contributed by atoms with Crippen LogP contribution in [0.1, 0.15) is 50.8 Å². The summed E-state index contributed by atoms with van der Waals surface area (Å²) in [6.45, 7) is 12.7. The van der Waals surface area contributed by atoms with E-state index in [1.165, 1.54) is 0 Å². The number of rotatable bonds is 6. The number of aliphatic carboxylic acids is 1. The highest BCUT2D eigenvalue weighted by molar-refractivity contribution is 6.30. The molecule has 0 aliphatic carbocycles. The zero-order valence-electron chi connectivity index (χ0n) is 22.3. The molecule has 198 valence electrons. The maximum atomic E-state index is 12.5. The summed E-state index contributed by atoms with van der Waals surface area (Å²) in [7, 11) is 1.99. The summed E-state index contributed by atoms with van der Waals surface area (Å²) in [4.78, 5) is 33.3. The second-order valence-corrected chi connectivity index (χ2v) is 11.1. The van der Waals surface area contributed by atoms with Gasteiger partial charge in [0.1, 0.15) is 5.65 Å². The normalized spacial score (nSPS) is 15.8. The first-order valence-corrected chi connectivity index (χ1v) is 12.9. The van der Waals surface area contributed by atoms with Crippen molar-refractivity contribution in [1.82, 2.24) is 19.4 Å². The van der Waals surface area contributed by atoms with Gasteiger partial charge in [-0.1, -0.05) is 23.7 Å². The number of aromatic nitrogens is 2. The highest BCUT2D eigenvalue weighted by Gasteiger charge is 2.33. The van der Waals surface area contributed by atoms with Gasteiger partial charge in [0.25, 0.3) is 0 Å². The predicted octanol–water partition coefficient (Wildman–Crippen LogP) is 4.81. The minimum Gasteiger partial charge on any atom is -0.479 e. The lowest BCUT2D eigenvalue weighted by atomic mass is 9.92. The minimum atomic E-state index is -1.19. The van der Waals surface area contributed by atoms with Crippen LogP contribution in [0.4, 0.5) is 0 Å². The van der Waals surface area contributed by atoms with Crippen molar-refractivity contribution < 1.29 is 19.4 Å². The summed E-state index contributed by atoms with van der Waals surface area (Å²) in [6.07, 6.45) is -1.19. The Hall–Kier alpha value is -2.94. The van der Waals surface area contributed by atoms with Gasteiger partial charge in [-0.15, -0.1) is 0 Å². The van der Waals surface area contributed by atoms with Crippen molar-refractivity contribution in [3.8, 4) is 11.1 Å². The summed E-state index contributed by atoms with van der Waals surface area (Å²) in [5.74, 6) is -0.955. The van der Waals surface area contributed by atoms with Gasteiger partial charge in [0.05, 0.1) is 5.60 Å². The molecule has 1 fully saturated rings. The highest BCUT2D eigenvalue weighted by Crippen LogP contribution is 2.40. The lowest BCUT2D eigenvalue weighted by Gasteiger charge is -2.34. The third kappa shape index (κ3) is 5.81. The van der Waals surface area contributed by atoms with Crippen LogP contribution >= 0.6 is 11.6 Å². The average Bonchev–Trinajstić information content (AvgIpc) is 3.12. The van der Waals surface area contributed by atoms with Crippen LogP contribution in [0.2, 0.25) is 5.02 Å².